The Balaban J connectivity index is 1.99. The second-order valence-electron chi connectivity index (χ2n) is 8.09. The van der Waals surface area contributed by atoms with Crippen LogP contribution in [0.4, 0.5) is 0 Å². The highest BCUT2D eigenvalue weighted by Crippen LogP contribution is 2.43. The van der Waals surface area contributed by atoms with E-state index in [1.807, 2.05) is 0 Å². The normalized spacial score (nSPS) is 20.1. The zero-order chi connectivity index (χ0) is 17.9. The van der Waals surface area contributed by atoms with Crippen LogP contribution in [0.2, 0.25) is 5.04 Å². The quantitative estimate of drug-likeness (QED) is 0.735. The molecule has 0 radical (unpaired) electrons. The summed E-state index contributed by atoms with van der Waals surface area (Å²) >= 11 is 0. The molecule has 2 aromatic carbocycles. The van der Waals surface area contributed by atoms with Crippen molar-refractivity contribution in [3.8, 4) is 6.07 Å². The predicted octanol–water partition coefficient (Wildman–Crippen LogP) is 4.11. The number of benzene rings is 2. The molecule has 0 aromatic heterocycles. The van der Waals surface area contributed by atoms with E-state index in [4.69, 9.17) is 9.69 Å². The Morgan fingerprint density at radius 2 is 1.48 bits per heavy atom. The number of rotatable bonds is 6. The van der Waals surface area contributed by atoms with Crippen LogP contribution in [-0.4, -0.2) is 14.9 Å². The standard InChI is InChI=1S/C22H27NOSi/c1-22(2,3)25(20-10-6-4-7-11-20,21-12-8-5-9-13-21)24-17-19-16-18(19)14-15-23/h4-13,18-19H,14,16-17H2,1-3H3. The highest BCUT2D eigenvalue weighted by atomic mass is 28.4. The van der Waals surface area contributed by atoms with Crippen LogP contribution in [0.3, 0.4) is 0 Å². The van der Waals surface area contributed by atoms with Gasteiger partial charge in [0.15, 0.2) is 0 Å². The van der Waals surface area contributed by atoms with E-state index in [9.17, 15) is 0 Å². The van der Waals surface area contributed by atoms with Gasteiger partial charge in [-0.3, -0.25) is 0 Å². The van der Waals surface area contributed by atoms with Crippen LogP contribution in [0, 0.1) is 23.2 Å². The first-order valence-electron chi connectivity index (χ1n) is 9.11. The molecule has 2 aromatic rings. The maximum absolute atomic E-state index is 8.93. The third-order valence-electron chi connectivity index (χ3n) is 5.35. The molecule has 1 fully saturated rings. The molecule has 1 saturated carbocycles. The van der Waals surface area contributed by atoms with Gasteiger partial charge >= 0.3 is 0 Å². The number of nitriles is 1. The van der Waals surface area contributed by atoms with Crippen LogP contribution in [-0.2, 0) is 4.43 Å². The molecule has 130 valence electrons. The zero-order valence-corrected chi connectivity index (χ0v) is 16.4. The number of nitrogens with zero attached hydrogens (tertiary/aromatic N) is 1. The first kappa shape index (κ1) is 17.9. The Morgan fingerprint density at radius 3 is 1.92 bits per heavy atom. The molecule has 1 aliphatic carbocycles. The summed E-state index contributed by atoms with van der Waals surface area (Å²) in [7, 11) is -2.41. The molecule has 2 nitrogen and oxygen atoms in total. The lowest BCUT2D eigenvalue weighted by Gasteiger charge is -2.43. The summed E-state index contributed by atoms with van der Waals surface area (Å²) in [6.07, 6.45) is 1.79. The fourth-order valence-electron chi connectivity index (χ4n) is 3.88. The monoisotopic (exact) mass is 349 g/mol. The third-order valence-corrected chi connectivity index (χ3v) is 10.4. The van der Waals surface area contributed by atoms with Crippen LogP contribution in [0.1, 0.15) is 33.6 Å². The molecule has 2 atom stereocenters. The van der Waals surface area contributed by atoms with E-state index >= 15 is 0 Å². The number of hydrogen-bond acceptors (Lipinski definition) is 2. The molecule has 0 spiro atoms. The maximum atomic E-state index is 8.93. The van der Waals surface area contributed by atoms with Crippen molar-refractivity contribution >= 4 is 18.7 Å². The van der Waals surface area contributed by atoms with E-state index in [2.05, 4.69) is 87.5 Å². The summed E-state index contributed by atoms with van der Waals surface area (Å²) in [5, 5.41) is 11.6. The van der Waals surface area contributed by atoms with Gasteiger partial charge in [0.25, 0.3) is 8.32 Å². The molecule has 0 N–H and O–H groups in total. The second kappa shape index (κ2) is 7.15. The molecule has 0 bridgehead atoms. The fraction of sp³-hybridized carbons (Fsp3) is 0.409. The van der Waals surface area contributed by atoms with Crippen LogP contribution < -0.4 is 10.4 Å². The summed E-state index contributed by atoms with van der Waals surface area (Å²) < 4.78 is 6.90. The van der Waals surface area contributed by atoms with Gasteiger partial charge in [-0.05, 0) is 33.7 Å². The molecule has 0 amide bonds. The first-order chi connectivity index (χ1) is 12.0. The third kappa shape index (κ3) is 3.56. The highest BCUT2D eigenvalue weighted by Gasteiger charge is 2.51. The Kier molecular flexibility index (Phi) is 5.13. The zero-order valence-electron chi connectivity index (χ0n) is 15.4. The molecule has 3 rings (SSSR count). The molecular formula is C22H27NOSi. The highest BCUT2D eigenvalue weighted by molar-refractivity contribution is 6.99. The van der Waals surface area contributed by atoms with Gasteiger partial charge in [0.1, 0.15) is 0 Å². The number of hydrogen-bond donors (Lipinski definition) is 0. The van der Waals surface area contributed by atoms with Gasteiger partial charge in [-0.2, -0.15) is 5.26 Å². The van der Waals surface area contributed by atoms with E-state index in [1.54, 1.807) is 0 Å². The Bertz CT molecular complexity index is 691. The molecule has 3 heteroatoms. The summed E-state index contributed by atoms with van der Waals surface area (Å²) in [5.41, 5.74) is 0. The Labute approximate surface area is 152 Å². The molecular weight excluding hydrogens is 322 g/mol. The van der Waals surface area contributed by atoms with Crippen molar-refractivity contribution in [1.29, 1.82) is 5.26 Å². The summed E-state index contributed by atoms with van der Waals surface area (Å²) in [4.78, 5) is 0. The molecule has 1 aliphatic rings. The minimum absolute atomic E-state index is 0.0231. The summed E-state index contributed by atoms with van der Waals surface area (Å²) in [5.74, 6) is 1.07. The average molecular weight is 350 g/mol. The minimum atomic E-state index is -2.41. The smallest absolute Gasteiger partial charge is 0.261 e. The van der Waals surface area contributed by atoms with Crippen molar-refractivity contribution < 1.29 is 4.43 Å². The van der Waals surface area contributed by atoms with Gasteiger partial charge in [-0.15, -0.1) is 0 Å². The molecule has 0 aliphatic heterocycles. The van der Waals surface area contributed by atoms with E-state index in [0.717, 1.165) is 13.0 Å². The lowest BCUT2D eigenvalue weighted by Crippen LogP contribution is -2.66. The van der Waals surface area contributed by atoms with Crippen molar-refractivity contribution in [2.75, 3.05) is 6.61 Å². The van der Waals surface area contributed by atoms with Gasteiger partial charge < -0.3 is 4.43 Å². The van der Waals surface area contributed by atoms with E-state index in [0.29, 0.717) is 18.3 Å². The molecule has 25 heavy (non-hydrogen) atoms. The van der Waals surface area contributed by atoms with Crippen LogP contribution in [0.5, 0.6) is 0 Å². The van der Waals surface area contributed by atoms with Gasteiger partial charge in [-0.1, -0.05) is 81.4 Å². The van der Waals surface area contributed by atoms with E-state index in [-0.39, 0.29) is 5.04 Å². The summed E-state index contributed by atoms with van der Waals surface area (Å²) in [6.45, 7) is 7.68. The minimum Gasteiger partial charge on any atom is -0.407 e. The van der Waals surface area contributed by atoms with Crippen molar-refractivity contribution in [1.82, 2.24) is 0 Å². The van der Waals surface area contributed by atoms with Crippen molar-refractivity contribution in [3.05, 3.63) is 60.7 Å². The molecule has 0 heterocycles. The average Bonchev–Trinajstić information content (AvgIpc) is 3.35. The van der Waals surface area contributed by atoms with Gasteiger partial charge in [0.05, 0.1) is 6.07 Å². The van der Waals surface area contributed by atoms with Gasteiger partial charge in [0, 0.05) is 13.0 Å². The van der Waals surface area contributed by atoms with E-state index in [1.165, 1.54) is 10.4 Å². The lowest BCUT2D eigenvalue weighted by molar-refractivity contribution is 0.274. The van der Waals surface area contributed by atoms with Gasteiger partial charge in [0.2, 0.25) is 0 Å². The molecule has 0 saturated heterocycles. The topological polar surface area (TPSA) is 33.0 Å². The van der Waals surface area contributed by atoms with Crippen molar-refractivity contribution in [3.63, 3.8) is 0 Å². The van der Waals surface area contributed by atoms with E-state index < -0.39 is 8.32 Å². The maximum Gasteiger partial charge on any atom is 0.261 e. The first-order valence-corrected chi connectivity index (χ1v) is 11.0. The second-order valence-corrected chi connectivity index (χ2v) is 12.4. The lowest BCUT2D eigenvalue weighted by atomic mass is 10.2. The molecule has 2 unspecified atom stereocenters. The Morgan fingerprint density at radius 1 is 0.960 bits per heavy atom. The van der Waals surface area contributed by atoms with Crippen LogP contribution >= 0.6 is 0 Å². The van der Waals surface area contributed by atoms with Gasteiger partial charge in [-0.25, -0.2) is 0 Å². The predicted molar refractivity (Wildman–Crippen MR) is 105 cm³/mol. The van der Waals surface area contributed by atoms with Crippen LogP contribution in [0.25, 0.3) is 0 Å². The van der Waals surface area contributed by atoms with Crippen LogP contribution in [0.15, 0.2) is 60.7 Å². The van der Waals surface area contributed by atoms with Crippen molar-refractivity contribution in [2.24, 2.45) is 11.8 Å². The largest absolute Gasteiger partial charge is 0.407 e. The van der Waals surface area contributed by atoms with Crippen molar-refractivity contribution in [2.45, 2.75) is 38.7 Å². The fourth-order valence-corrected chi connectivity index (χ4v) is 8.49. The Hall–Kier alpha value is -1.89. The SMILES string of the molecule is CC(C)(C)[Si](OCC1CC1CC#N)(c1ccccc1)c1ccccc1. The summed E-state index contributed by atoms with van der Waals surface area (Å²) in [6, 6.07) is 23.8.